The molecule has 0 aliphatic rings. The van der Waals surface area contributed by atoms with Gasteiger partial charge in [-0.15, -0.1) is 0 Å². The molecule has 1 atom stereocenters. The van der Waals surface area contributed by atoms with E-state index in [-0.39, 0.29) is 31.1 Å². The van der Waals surface area contributed by atoms with E-state index < -0.39 is 6.10 Å². The smallest absolute Gasteiger partial charge is 0.306 e. The standard InChI is InChI=1S/C70H134O6/c1-4-7-10-13-16-19-22-25-27-29-31-33-34-35-36-37-38-40-41-43-45-48-51-54-57-60-63-69(72)75-66-67(65-74-68(71)62-59-56-53-50-47-24-21-18-15-12-9-6-3)76-70(73)64-61-58-55-52-49-46-44-42-39-32-30-28-26-23-20-17-14-11-8-5-2/h18,21,67H,4-17,19-20,22-66H2,1-3H3/b21-18-. The molecule has 6 heteroatoms. The fraction of sp³-hybridized carbons (Fsp3) is 0.929. The van der Waals surface area contributed by atoms with Crippen molar-refractivity contribution < 1.29 is 28.6 Å². The number of esters is 3. The molecule has 0 heterocycles. The Morgan fingerprint density at radius 1 is 0.250 bits per heavy atom. The lowest BCUT2D eigenvalue weighted by atomic mass is 10.0. The SMILES string of the molecule is CCCCC/C=C\CCCCCCCC(=O)OCC(COC(=O)CCCCCCCCCCCCCCCCCCCCCCCCCCCC)OC(=O)CCCCCCCCCCCCCCCCCCCCCC. The summed E-state index contributed by atoms with van der Waals surface area (Å²) >= 11 is 0. The van der Waals surface area contributed by atoms with Crippen molar-refractivity contribution in [3.05, 3.63) is 12.2 Å². The number of hydrogen-bond acceptors (Lipinski definition) is 6. The molecule has 0 rings (SSSR count). The molecular weight excluding hydrogens is 937 g/mol. The van der Waals surface area contributed by atoms with Gasteiger partial charge >= 0.3 is 17.9 Å². The summed E-state index contributed by atoms with van der Waals surface area (Å²) in [4.78, 5) is 38.3. The Bertz CT molecular complexity index is 1180. The van der Waals surface area contributed by atoms with Crippen LogP contribution in [0.5, 0.6) is 0 Å². The highest BCUT2D eigenvalue weighted by Crippen LogP contribution is 2.19. The van der Waals surface area contributed by atoms with Gasteiger partial charge in [-0.05, 0) is 44.9 Å². The van der Waals surface area contributed by atoms with Gasteiger partial charge in [0.15, 0.2) is 6.10 Å². The van der Waals surface area contributed by atoms with Crippen molar-refractivity contribution in [3.63, 3.8) is 0 Å². The lowest BCUT2D eigenvalue weighted by molar-refractivity contribution is -0.167. The molecule has 450 valence electrons. The van der Waals surface area contributed by atoms with Gasteiger partial charge in [0.25, 0.3) is 0 Å². The zero-order valence-corrected chi connectivity index (χ0v) is 51.8. The molecule has 0 aliphatic carbocycles. The van der Waals surface area contributed by atoms with Gasteiger partial charge in [-0.3, -0.25) is 14.4 Å². The zero-order valence-electron chi connectivity index (χ0n) is 51.8. The molecule has 0 saturated heterocycles. The number of allylic oxidation sites excluding steroid dienone is 2. The summed E-state index contributed by atoms with van der Waals surface area (Å²) in [5.41, 5.74) is 0. The fourth-order valence-electron chi connectivity index (χ4n) is 10.8. The lowest BCUT2D eigenvalue weighted by Gasteiger charge is -2.18. The summed E-state index contributed by atoms with van der Waals surface area (Å²) < 4.78 is 17.0. The predicted molar refractivity (Wildman–Crippen MR) is 330 cm³/mol. The quantitative estimate of drug-likeness (QED) is 0.0261. The number of unbranched alkanes of at least 4 members (excludes halogenated alkanes) is 52. The van der Waals surface area contributed by atoms with Crippen LogP contribution in [0, 0.1) is 0 Å². The Morgan fingerprint density at radius 3 is 0.684 bits per heavy atom. The van der Waals surface area contributed by atoms with Crippen LogP contribution in [0.15, 0.2) is 12.2 Å². The van der Waals surface area contributed by atoms with Crippen molar-refractivity contribution in [1.82, 2.24) is 0 Å². The van der Waals surface area contributed by atoms with E-state index in [0.717, 1.165) is 64.2 Å². The van der Waals surface area contributed by atoms with E-state index in [4.69, 9.17) is 14.2 Å². The first-order valence-electron chi connectivity index (χ1n) is 34.7. The molecule has 0 bridgehead atoms. The van der Waals surface area contributed by atoms with Crippen LogP contribution in [0.25, 0.3) is 0 Å². The van der Waals surface area contributed by atoms with Crippen molar-refractivity contribution in [2.45, 2.75) is 406 Å². The van der Waals surface area contributed by atoms with Crippen molar-refractivity contribution >= 4 is 17.9 Å². The zero-order chi connectivity index (χ0) is 55.0. The minimum Gasteiger partial charge on any atom is -0.462 e. The second kappa shape index (κ2) is 65.7. The van der Waals surface area contributed by atoms with Crippen LogP contribution in [0.3, 0.4) is 0 Å². The Morgan fingerprint density at radius 2 is 0.434 bits per heavy atom. The van der Waals surface area contributed by atoms with E-state index in [2.05, 4.69) is 32.9 Å². The highest BCUT2D eigenvalue weighted by molar-refractivity contribution is 5.71. The lowest BCUT2D eigenvalue weighted by Crippen LogP contribution is -2.30. The van der Waals surface area contributed by atoms with Crippen LogP contribution in [-0.4, -0.2) is 37.2 Å². The van der Waals surface area contributed by atoms with E-state index in [1.807, 2.05) is 0 Å². The maximum atomic E-state index is 12.9. The van der Waals surface area contributed by atoms with Crippen LogP contribution in [0.1, 0.15) is 400 Å². The number of carbonyl (C=O) groups excluding carboxylic acids is 3. The van der Waals surface area contributed by atoms with E-state index >= 15 is 0 Å². The molecule has 0 aromatic heterocycles. The van der Waals surface area contributed by atoms with Crippen molar-refractivity contribution in [2.24, 2.45) is 0 Å². The summed E-state index contributed by atoms with van der Waals surface area (Å²) in [5, 5.41) is 0. The first kappa shape index (κ1) is 74.2. The number of hydrogen-bond donors (Lipinski definition) is 0. The van der Waals surface area contributed by atoms with E-state index in [9.17, 15) is 14.4 Å². The number of rotatable bonds is 65. The topological polar surface area (TPSA) is 78.9 Å². The molecule has 0 saturated carbocycles. The molecule has 0 spiro atoms. The largest absolute Gasteiger partial charge is 0.462 e. The molecule has 1 unspecified atom stereocenters. The second-order valence-electron chi connectivity index (χ2n) is 23.8. The minimum atomic E-state index is -0.769. The van der Waals surface area contributed by atoms with E-state index in [1.165, 1.54) is 295 Å². The van der Waals surface area contributed by atoms with Crippen molar-refractivity contribution in [3.8, 4) is 0 Å². The predicted octanol–water partition coefficient (Wildman–Crippen LogP) is 23.6. The average Bonchev–Trinajstić information content (AvgIpc) is 3.42. The number of carbonyl (C=O) groups is 3. The maximum absolute atomic E-state index is 12.9. The van der Waals surface area contributed by atoms with Crippen molar-refractivity contribution in [1.29, 1.82) is 0 Å². The third-order valence-electron chi connectivity index (χ3n) is 16.0. The van der Waals surface area contributed by atoms with Gasteiger partial charge in [0.1, 0.15) is 13.2 Å². The molecule has 6 nitrogen and oxygen atoms in total. The van der Waals surface area contributed by atoms with E-state index in [0.29, 0.717) is 19.3 Å². The Balaban J connectivity index is 4.17. The summed E-state index contributed by atoms with van der Waals surface area (Å²) in [7, 11) is 0. The molecule has 0 N–H and O–H groups in total. The van der Waals surface area contributed by atoms with Gasteiger partial charge in [0, 0.05) is 19.3 Å². The van der Waals surface area contributed by atoms with Gasteiger partial charge in [-0.2, -0.15) is 0 Å². The third kappa shape index (κ3) is 63.0. The summed E-state index contributed by atoms with van der Waals surface area (Å²) in [6.07, 6.45) is 78.2. The second-order valence-corrected chi connectivity index (χ2v) is 23.8. The maximum Gasteiger partial charge on any atom is 0.306 e. The molecule has 0 aromatic rings. The average molecular weight is 1070 g/mol. The van der Waals surface area contributed by atoms with Crippen LogP contribution in [0.4, 0.5) is 0 Å². The van der Waals surface area contributed by atoms with Crippen LogP contribution >= 0.6 is 0 Å². The monoisotopic (exact) mass is 1070 g/mol. The first-order chi connectivity index (χ1) is 37.5. The third-order valence-corrected chi connectivity index (χ3v) is 16.0. The number of ether oxygens (including phenoxy) is 3. The molecule has 0 aliphatic heterocycles. The molecule has 0 fully saturated rings. The summed E-state index contributed by atoms with van der Waals surface area (Å²) in [6.45, 7) is 6.70. The highest BCUT2D eigenvalue weighted by atomic mass is 16.6. The van der Waals surface area contributed by atoms with Crippen LogP contribution in [0.2, 0.25) is 0 Å². The van der Waals surface area contributed by atoms with Gasteiger partial charge in [-0.1, -0.05) is 348 Å². The van der Waals surface area contributed by atoms with E-state index in [1.54, 1.807) is 0 Å². The van der Waals surface area contributed by atoms with Gasteiger partial charge in [-0.25, -0.2) is 0 Å². The molecule has 0 amide bonds. The normalized spacial score (nSPS) is 12.0. The van der Waals surface area contributed by atoms with Gasteiger partial charge < -0.3 is 14.2 Å². The molecule has 76 heavy (non-hydrogen) atoms. The highest BCUT2D eigenvalue weighted by Gasteiger charge is 2.19. The first-order valence-corrected chi connectivity index (χ1v) is 34.7. The Hall–Kier alpha value is -1.85. The minimum absolute atomic E-state index is 0.0658. The fourth-order valence-corrected chi connectivity index (χ4v) is 10.8. The van der Waals surface area contributed by atoms with Gasteiger partial charge in [0.05, 0.1) is 0 Å². The van der Waals surface area contributed by atoms with Crippen LogP contribution < -0.4 is 0 Å². The molecule has 0 radical (unpaired) electrons. The molecule has 0 aromatic carbocycles. The van der Waals surface area contributed by atoms with Crippen molar-refractivity contribution in [2.75, 3.05) is 13.2 Å². The van der Waals surface area contributed by atoms with Crippen LogP contribution in [-0.2, 0) is 28.6 Å². The van der Waals surface area contributed by atoms with Gasteiger partial charge in [0.2, 0.25) is 0 Å². The Kier molecular flexibility index (Phi) is 64.1. The summed E-state index contributed by atoms with van der Waals surface area (Å²) in [5.74, 6) is -0.842. The summed E-state index contributed by atoms with van der Waals surface area (Å²) in [6, 6.07) is 0. The Labute approximate surface area is 475 Å². The molecular formula is C70H134O6.